The second-order valence-electron chi connectivity index (χ2n) is 3.32. The number of hydrogen-bond donors (Lipinski definition) is 1. The first-order valence-corrected chi connectivity index (χ1v) is 5.65. The Morgan fingerprint density at radius 2 is 2.07 bits per heavy atom. The maximum Gasteiger partial charge on any atom is 0.339 e. The lowest BCUT2D eigenvalue weighted by Gasteiger charge is -2.22. The van der Waals surface area contributed by atoms with Gasteiger partial charge in [-0.15, -0.1) is 0 Å². The van der Waals surface area contributed by atoms with E-state index in [0.717, 1.165) is 5.56 Å². The zero-order valence-corrected chi connectivity index (χ0v) is 10.0. The van der Waals surface area contributed by atoms with Gasteiger partial charge in [0.25, 0.3) is 0 Å². The van der Waals surface area contributed by atoms with E-state index in [0.29, 0.717) is 0 Å². The lowest BCUT2D eigenvalue weighted by molar-refractivity contribution is -0.159. The van der Waals surface area contributed by atoms with Crippen LogP contribution < -0.4 is 0 Å². The Labute approximate surface area is 97.2 Å². The van der Waals surface area contributed by atoms with Gasteiger partial charge < -0.3 is 9.84 Å². The second-order valence-corrected chi connectivity index (χ2v) is 3.88. The molecule has 1 N–H and O–H groups in total. The number of carbonyl (C=O) groups excluding carboxylic acids is 1. The first kappa shape index (κ1) is 12.2. The molecular formula is C11H13BrO3. The van der Waals surface area contributed by atoms with E-state index in [-0.39, 0.29) is 11.8 Å². The van der Waals surface area contributed by atoms with E-state index in [1.807, 2.05) is 30.3 Å². The number of aliphatic hydroxyl groups is 1. The van der Waals surface area contributed by atoms with Gasteiger partial charge in [-0.1, -0.05) is 46.3 Å². The van der Waals surface area contributed by atoms with Crippen LogP contribution in [0.4, 0.5) is 0 Å². The van der Waals surface area contributed by atoms with Crippen LogP contribution in [0.2, 0.25) is 0 Å². The van der Waals surface area contributed by atoms with Crippen LogP contribution in [-0.2, 0) is 16.0 Å². The summed E-state index contributed by atoms with van der Waals surface area (Å²) in [5.41, 5.74) is -0.597. The maximum atomic E-state index is 11.4. The standard InChI is InChI=1S/C11H13BrO3/c1-15-10(13)11(14,8-12)7-9-5-3-2-4-6-9/h2-6,14H,7-8H2,1H3. The summed E-state index contributed by atoms with van der Waals surface area (Å²) in [7, 11) is 1.26. The summed E-state index contributed by atoms with van der Waals surface area (Å²) < 4.78 is 4.56. The zero-order valence-electron chi connectivity index (χ0n) is 8.44. The van der Waals surface area contributed by atoms with Gasteiger partial charge in [0.05, 0.1) is 7.11 Å². The summed E-state index contributed by atoms with van der Waals surface area (Å²) >= 11 is 3.12. The van der Waals surface area contributed by atoms with Crippen molar-refractivity contribution in [1.82, 2.24) is 0 Å². The fourth-order valence-electron chi connectivity index (χ4n) is 1.30. The predicted molar refractivity (Wildman–Crippen MR) is 60.9 cm³/mol. The molecule has 3 nitrogen and oxygen atoms in total. The van der Waals surface area contributed by atoms with Crippen LogP contribution in [-0.4, -0.2) is 29.1 Å². The SMILES string of the molecule is COC(=O)C(O)(CBr)Cc1ccccc1. The Morgan fingerprint density at radius 1 is 1.47 bits per heavy atom. The van der Waals surface area contributed by atoms with Crippen molar-refractivity contribution >= 4 is 21.9 Å². The maximum absolute atomic E-state index is 11.4. The molecule has 0 bridgehead atoms. The van der Waals surface area contributed by atoms with Gasteiger partial charge in [-0.05, 0) is 5.56 Å². The largest absolute Gasteiger partial charge is 0.467 e. The third kappa shape index (κ3) is 3.04. The molecule has 0 aliphatic rings. The minimum atomic E-state index is -1.49. The molecule has 1 aromatic rings. The molecule has 0 spiro atoms. The Bertz CT molecular complexity index is 326. The van der Waals surface area contributed by atoms with E-state index in [1.165, 1.54) is 7.11 Å². The third-order valence-electron chi connectivity index (χ3n) is 2.13. The van der Waals surface area contributed by atoms with Crippen molar-refractivity contribution in [3.63, 3.8) is 0 Å². The number of ether oxygens (including phenoxy) is 1. The molecule has 1 unspecified atom stereocenters. The van der Waals surface area contributed by atoms with E-state index in [9.17, 15) is 9.90 Å². The van der Waals surface area contributed by atoms with E-state index in [2.05, 4.69) is 20.7 Å². The van der Waals surface area contributed by atoms with Gasteiger partial charge in [0.15, 0.2) is 5.60 Å². The topological polar surface area (TPSA) is 46.5 Å². The van der Waals surface area contributed by atoms with Gasteiger partial charge in [0, 0.05) is 11.8 Å². The molecule has 1 aromatic carbocycles. The number of esters is 1. The molecule has 0 aliphatic heterocycles. The monoisotopic (exact) mass is 272 g/mol. The van der Waals surface area contributed by atoms with Gasteiger partial charge in [0.1, 0.15) is 0 Å². The quantitative estimate of drug-likeness (QED) is 0.668. The smallest absolute Gasteiger partial charge is 0.339 e. The Morgan fingerprint density at radius 3 is 2.53 bits per heavy atom. The molecule has 0 aromatic heterocycles. The number of benzene rings is 1. The van der Waals surface area contributed by atoms with Crippen LogP contribution in [0.25, 0.3) is 0 Å². The molecule has 0 aliphatic carbocycles. The van der Waals surface area contributed by atoms with E-state index in [1.54, 1.807) is 0 Å². The Kier molecular flexibility index (Phi) is 4.29. The predicted octanol–water partition coefficient (Wildman–Crippen LogP) is 1.53. The molecule has 1 atom stereocenters. The molecule has 1 rings (SSSR count). The highest BCUT2D eigenvalue weighted by Crippen LogP contribution is 2.17. The number of hydrogen-bond acceptors (Lipinski definition) is 3. The summed E-state index contributed by atoms with van der Waals surface area (Å²) in [4.78, 5) is 11.4. The zero-order chi connectivity index (χ0) is 11.3. The van der Waals surface area contributed by atoms with Gasteiger partial charge in [-0.25, -0.2) is 4.79 Å². The highest BCUT2D eigenvalue weighted by atomic mass is 79.9. The molecule has 4 heteroatoms. The van der Waals surface area contributed by atoms with Gasteiger partial charge in [-0.2, -0.15) is 0 Å². The van der Waals surface area contributed by atoms with Crippen molar-refractivity contribution in [3.8, 4) is 0 Å². The van der Waals surface area contributed by atoms with Crippen LogP contribution in [0, 0.1) is 0 Å². The van der Waals surface area contributed by atoms with Crippen LogP contribution >= 0.6 is 15.9 Å². The summed E-state index contributed by atoms with van der Waals surface area (Å²) in [5, 5.41) is 10.2. The second kappa shape index (κ2) is 5.28. The summed E-state index contributed by atoms with van der Waals surface area (Å²) in [5.74, 6) is -0.622. The summed E-state index contributed by atoms with van der Waals surface area (Å²) in [6.45, 7) is 0. The average Bonchev–Trinajstić information content (AvgIpc) is 2.29. The first-order valence-electron chi connectivity index (χ1n) is 4.53. The van der Waals surface area contributed by atoms with E-state index in [4.69, 9.17) is 0 Å². The Balaban J connectivity index is 2.81. The van der Waals surface area contributed by atoms with Crippen molar-refractivity contribution in [2.75, 3.05) is 12.4 Å². The number of rotatable bonds is 4. The van der Waals surface area contributed by atoms with Crippen LogP contribution in [0.15, 0.2) is 30.3 Å². The average molecular weight is 273 g/mol. The van der Waals surface area contributed by atoms with Gasteiger partial charge in [-0.3, -0.25) is 0 Å². The molecular weight excluding hydrogens is 260 g/mol. The lowest BCUT2D eigenvalue weighted by Crippen LogP contribution is -2.43. The van der Waals surface area contributed by atoms with Crippen LogP contribution in [0.5, 0.6) is 0 Å². The van der Waals surface area contributed by atoms with Crippen molar-refractivity contribution in [3.05, 3.63) is 35.9 Å². The van der Waals surface area contributed by atoms with E-state index >= 15 is 0 Å². The fraction of sp³-hybridized carbons (Fsp3) is 0.364. The number of methoxy groups -OCH3 is 1. The molecule has 82 valence electrons. The molecule has 15 heavy (non-hydrogen) atoms. The van der Waals surface area contributed by atoms with Crippen LogP contribution in [0.3, 0.4) is 0 Å². The minimum Gasteiger partial charge on any atom is -0.467 e. The molecule has 0 amide bonds. The Hall–Kier alpha value is -0.870. The normalized spacial score (nSPS) is 14.3. The lowest BCUT2D eigenvalue weighted by atomic mass is 9.97. The van der Waals surface area contributed by atoms with Crippen molar-refractivity contribution in [1.29, 1.82) is 0 Å². The molecule has 0 saturated heterocycles. The fourth-order valence-corrected chi connectivity index (χ4v) is 1.72. The van der Waals surface area contributed by atoms with Crippen LogP contribution in [0.1, 0.15) is 5.56 Å². The molecule has 0 fully saturated rings. The van der Waals surface area contributed by atoms with Crippen molar-refractivity contribution in [2.45, 2.75) is 12.0 Å². The highest BCUT2D eigenvalue weighted by molar-refractivity contribution is 9.09. The highest BCUT2D eigenvalue weighted by Gasteiger charge is 2.36. The third-order valence-corrected chi connectivity index (χ3v) is 3.05. The molecule has 0 heterocycles. The summed E-state index contributed by atoms with van der Waals surface area (Å²) in [6, 6.07) is 9.32. The van der Waals surface area contributed by atoms with Crippen molar-refractivity contribution in [2.24, 2.45) is 0 Å². The number of carbonyl (C=O) groups is 1. The first-order chi connectivity index (χ1) is 7.12. The molecule has 0 radical (unpaired) electrons. The van der Waals surface area contributed by atoms with Gasteiger partial charge >= 0.3 is 5.97 Å². The number of halogens is 1. The van der Waals surface area contributed by atoms with Crippen molar-refractivity contribution < 1.29 is 14.6 Å². The van der Waals surface area contributed by atoms with E-state index < -0.39 is 11.6 Å². The minimum absolute atomic E-state index is 0.154. The number of alkyl halides is 1. The molecule has 0 saturated carbocycles. The van der Waals surface area contributed by atoms with Gasteiger partial charge in [0.2, 0.25) is 0 Å². The summed E-state index contributed by atoms with van der Waals surface area (Å²) in [6.07, 6.45) is 0.242.